The summed E-state index contributed by atoms with van der Waals surface area (Å²) in [6.45, 7) is 0. The monoisotopic (exact) mass is 205 g/mol. The molecule has 0 atom stereocenters. The Morgan fingerprint density at radius 2 is 2.13 bits per heavy atom. The van der Waals surface area contributed by atoms with Crippen molar-refractivity contribution in [3.63, 3.8) is 0 Å². The van der Waals surface area contributed by atoms with Crippen LogP contribution in [0.2, 0.25) is 0 Å². The molecule has 15 heavy (non-hydrogen) atoms. The molecule has 0 unspecified atom stereocenters. The van der Waals surface area contributed by atoms with E-state index in [4.69, 9.17) is 0 Å². The summed E-state index contributed by atoms with van der Waals surface area (Å²) in [6, 6.07) is 5.43. The standard InChI is InChI=1S/C10H11N3O.CH4/c1-13(2)10(14)7-3-4-8-9(5-7)12-6-11-8;/h3-6H,1-2H3,(H,11,12);1H4. The highest BCUT2D eigenvalue weighted by molar-refractivity contribution is 5.96. The molecule has 0 spiro atoms. The Labute approximate surface area is 88.9 Å². The molecule has 4 nitrogen and oxygen atoms in total. The van der Waals surface area contributed by atoms with Crippen molar-refractivity contribution in [3.05, 3.63) is 30.1 Å². The van der Waals surface area contributed by atoms with Gasteiger partial charge in [-0.3, -0.25) is 4.79 Å². The minimum Gasteiger partial charge on any atom is -0.345 e. The Kier molecular flexibility index (Phi) is 3.09. The average Bonchev–Trinajstić information content (AvgIpc) is 2.62. The smallest absolute Gasteiger partial charge is 0.253 e. The minimum absolute atomic E-state index is 0. The SMILES string of the molecule is C.CN(C)C(=O)c1ccc2nc[nH]c2c1. The zero-order valence-electron chi connectivity index (χ0n) is 8.11. The first-order chi connectivity index (χ1) is 6.68. The van der Waals surface area contributed by atoms with Gasteiger partial charge >= 0.3 is 0 Å². The van der Waals surface area contributed by atoms with Gasteiger partial charge in [-0.25, -0.2) is 4.98 Å². The van der Waals surface area contributed by atoms with E-state index in [0.717, 1.165) is 11.0 Å². The molecule has 0 saturated carbocycles. The van der Waals surface area contributed by atoms with Crippen molar-refractivity contribution in [1.29, 1.82) is 0 Å². The number of aromatic amines is 1. The zero-order valence-corrected chi connectivity index (χ0v) is 8.11. The molecule has 0 saturated heterocycles. The van der Waals surface area contributed by atoms with Crippen molar-refractivity contribution in [1.82, 2.24) is 14.9 Å². The van der Waals surface area contributed by atoms with Crippen molar-refractivity contribution in [2.75, 3.05) is 14.1 Å². The maximum Gasteiger partial charge on any atom is 0.253 e. The van der Waals surface area contributed by atoms with Crippen molar-refractivity contribution in [2.24, 2.45) is 0 Å². The van der Waals surface area contributed by atoms with E-state index in [1.165, 1.54) is 0 Å². The van der Waals surface area contributed by atoms with Crippen molar-refractivity contribution >= 4 is 16.9 Å². The second-order valence-electron chi connectivity index (χ2n) is 3.33. The fourth-order valence-electron chi connectivity index (χ4n) is 1.33. The summed E-state index contributed by atoms with van der Waals surface area (Å²) in [4.78, 5) is 20.2. The van der Waals surface area contributed by atoms with E-state index >= 15 is 0 Å². The number of hydrogen-bond donors (Lipinski definition) is 1. The number of carbonyl (C=O) groups is 1. The molecule has 1 N–H and O–H groups in total. The number of nitrogens with zero attached hydrogens (tertiary/aromatic N) is 2. The second kappa shape index (κ2) is 4.13. The first-order valence-electron chi connectivity index (χ1n) is 4.33. The van der Waals surface area contributed by atoms with Crippen molar-refractivity contribution < 1.29 is 4.79 Å². The van der Waals surface area contributed by atoms with E-state index in [1.54, 1.807) is 31.4 Å². The predicted molar refractivity (Wildman–Crippen MR) is 60.8 cm³/mol. The van der Waals surface area contributed by atoms with Crippen LogP contribution in [0, 0.1) is 0 Å². The highest BCUT2D eigenvalue weighted by Crippen LogP contribution is 2.12. The Balaban J connectivity index is 0.00000112. The predicted octanol–water partition coefficient (Wildman–Crippen LogP) is 1.90. The molecule has 0 bridgehead atoms. The topological polar surface area (TPSA) is 49.0 Å². The summed E-state index contributed by atoms with van der Waals surface area (Å²) in [5.74, 6) is 0.00139. The number of carbonyl (C=O) groups excluding carboxylic acids is 1. The first kappa shape index (κ1) is 11.2. The van der Waals surface area contributed by atoms with Crippen molar-refractivity contribution in [2.45, 2.75) is 7.43 Å². The molecule has 1 heterocycles. The van der Waals surface area contributed by atoms with E-state index < -0.39 is 0 Å². The number of aromatic nitrogens is 2. The number of imidazole rings is 1. The van der Waals surface area contributed by atoms with Crippen LogP contribution >= 0.6 is 0 Å². The third-order valence-corrected chi connectivity index (χ3v) is 2.07. The number of rotatable bonds is 1. The lowest BCUT2D eigenvalue weighted by Gasteiger charge is -2.09. The van der Waals surface area contributed by atoms with Crippen LogP contribution in [0.15, 0.2) is 24.5 Å². The molecule has 1 aromatic carbocycles. The van der Waals surface area contributed by atoms with Crippen LogP contribution < -0.4 is 0 Å². The minimum atomic E-state index is 0. The zero-order chi connectivity index (χ0) is 10.1. The second-order valence-corrected chi connectivity index (χ2v) is 3.33. The van der Waals surface area contributed by atoms with Gasteiger partial charge in [-0.05, 0) is 18.2 Å². The average molecular weight is 205 g/mol. The summed E-state index contributed by atoms with van der Waals surface area (Å²) in [7, 11) is 3.47. The normalized spacial score (nSPS) is 9.73. The van der Waals surface area contributed by atoms with Gasteiger partial charge in [0, 0.05) is 19.7 Å². The molecular weight excluding hydrogens is 190 g/mol. The number of amides is 1. The van der Waals surface area contributed by atoms with E-state index in [0.29, 0.717) is 5.56 Å². The molecule has 0 fully saturated rings. The van der Waals surface area contributed by atoms with E-state index in [2.05, 4.69) is 9.97 Å². The molecular formula is C11H15N3O. The number of H-pyrrole nitrogens is 1. The largest absolute Gasteiger partial charge is 0.345 e. The van der Waals surface area contributed by atoms with E-state index in [9.17, 15) is 4.79 Å². The molecule has 0 aliphatic rings. The van der Waals surface area contributed by atoms with Crippen LogP contribution in [-0.4, -0.2) is 34.9 Å². The molecule has 4 heteroatoms. The third kappa shape index (κ3) is 1.98. The maximum absolute atomic E-state index is 11.6. The van der Waals surface area contributed by atoms with Gasteiger partial charge in [-0.2, -0.15) is 0 Å². The number of nitrogens with one attached hydrogen (secondary N) is 1. The lowest BCUT2D eigenvalue weighted by Crippen LogP contribution is -2.21. The first-order valence-corrected chi connectivity index (χ1v) is 4.33. The van der Waals surface area contributed by atoms with Crippen LogP contribution in [0.5, 0.6) is 0 Å². The Bertz CT molecular complexity index is 473. The lowest BCUT2D eigenvalue weighted by molar-refractivity contribution is 0.0828. The van der Waals surface area contributed by atoms with Gasteiger partial charge in [0.1, 0.15) is 0 Å². The summed E-state index contributed by atoms with van der Waals surface area (Å²) in [6.07, 6.45) is 1.62. The van der Waals surface area contributed by atoms with Gasteiger partial charge in [0.05, 0.1) is 17.4 Å². The van der Waals surface area contributed by atoms with Gasteiger partial charge < -0.3 is 9.88 Å². The Morgan fingerprint density at radius 1 is 1.40 bits per heavy atom. The summed E-state index contributed by atoms with van der Waals surface area (Å²) in [5, 5.41) is 0. The van der Waals surface area contributed by atoms with Crippen molar-refractivity contribution in [3.8, 4) is 0 Å². The molecule has 1 aromatic heterocycles. The van der Waals surface area contributed by atoms with Crippen LogP contribution in [0.3, 0.4) is 0 Å². The number of hydrogen-bond acceptors (Lipinski definition) is 2. The Hall–Kier alpha value is -1.84. The quantitative estimate of drug-likeness (QED) is 0.773. The highest BCUT2D eigenvalue weighted by Gasteiger charge is 2.08. The summed E-state index contributed by atoms with van der Waals surface area (Å²) < 4.78 is 0. The molecule has 1 amide bonds. The third-order valence-electron chi connectivity index (χ3n) is 2.07. The molecule has 2 rings (SSSR count). The van der Waals surface area contributed by atoms with E-state index in [1.807, 2.05) is 12.1 Å². The highest BCUT2D eigenvalue weighted by atomic mass is 16.2. The van der Waals surface area contributed by atoms with Gasteiger partial charge in [-0.15, -0.1) is 0 Å². The van der Waals surface area contributed by atoms with E-state index in [-0.39, 0.29) is 13.3 Å². The molecule has 0 radical (unpaired) electrons. The lowest BCUT2D eigenvalue weighted by atomic mass is 10.2. The van der Waals surface area contributed by atoms with Gasteiger partial charge in [0.2, 0.25) is 0 Å². The van der Waals surface area contributed by atoms with Gasteiger partial charge in [0.15, 0.2) is 0 Å². The summed E-state index contributed by atoms with van der Waals surface area (Å²) >= 11 is 0. The fourth-order valence-corrected chi connectivity index (χ4v) is 1.33. The number of benzene rings is 1. The maximum atomic E-state index is 11.6. The van der Waals surface area contributed by atoms with Crippen LogP contribution in [0.4, 0.5) is 0 Å². The number of fused-ring (bicyclic) bond motifs is 1. The molecule has 80 valence electrons. The van der Waals surface area contributed by atoms with Gasteiger partial charge in [-0.1, -0.05) is 7.43 Å². The fraction of sp³-hybridized carbons (Fsp3) is 0.273. The van der Waals surface area contributed by atoms with Crippen LogP contribution in [-0.2, 0) is 0 Å². The molecule has 0 aliphatic heterocycles. The molecule has 0 aliphatic carbocycles. The molecule has 2 aromatic rings. The van der Waals surface area contributed by atoms with Gasteiger partial charge in [0.25, 0.3) is 5.91 Å². The summed E-state index contributed by atoms with van der Waals surface area (Å²) in [5.41, 5.74) is 2.43. The van der Waals surface area contributed by atoms with Crippen LogP contribution in [0.25, 0.3) is 11.0 Å². The Morgan fingerprint density at radius 3 is 2.80 bits per heavy atom. The van der Waals surface area contributed by atoms with Crippen LogP contribution in [0.1, 0.15) is 17.8 Å².